The van der Waals surface area contributed by atoms with Crippen molar-refractivity contribution in [2.75, 3.05) is 31.8 Å². The summed E-state index contributed by atoms with van der Waals surface area (Å²) < 4.78 is 4.75. The van der Waals surface area contributed by atoms with Crippen LogP contribution in [0, 0.1) is 0 Å². The molecular formula is C22H25N3O3. The number of esters is 1. The number of carbonyl (C=O) groups excluding carboxylic acids is 2. The molecule has 2 fully saturated rings. The van der Waals surface area contributed by atoms with E-state index in [1.54, 1.807) is 12.1 Å². The first-order chi connectivity index (χ1) is 13.6. The second-order valence-electron chi connectivity index (χ2n) is 7.38. The summed E-state index contributed by atoms with van der Waals surface area (Å²) in [6.45, 7) is 2.79. The van der Waals surface area contributed by atoms with E-state index in [0.717, 1.165) is 37.2 Å². The number of methoxy groups -OCH3 is 1. The Morgan fingerprint density at radius 1 is 1.07 bits per heavy atom. The lowest BCUT2D eigenvalue weighted by Crippen LogP contribution is -2.55. The summed E-state index contributed by atoms with van der Waals surface area (Å²) in [6, 6.07) is 17.5. The van der Waals surface area contributed by atoms with Gasteiger partial charge in [0.2, 0.25) is 5.91 Å². The number of benzene rings is 2. The Kier molecular flexibility index (Phi) is 5.05. The van der Waals surface area contributed by atoms with Gasteiger partial charge in [0.1, 0.15) is 5.54 Å². The van der Waals surface area contributed by atoms with E-state index in [1.807, 2.05) is 35.2 Å². The number of nitrogens with zero attached hydrogens (tertiary/aromatic N) is 2. The highest BCUT2D eigenvalue weighted by Gasteiger charge is 2.52. The van der Waals surface area contributed by atoms with Gasteiger partial charge in [-0.25, -0.2) is 4.79 Å². The summed E-state index contributed by atoms with van der Waals surface area (Å²) >= 11 is 0. The predicted molar refractivity (Wildman–Crippen MR) is 107 cm³/mol. The average molecular weight is 379 g/mol. The molecule has 0 radical (unpaired) electrons. The van der Waals surface area contributed by atoms with Crippen molar-refractivity contribution in [1.82, 2.24) is 10.2 Å². The number of ether oxygens (including phenoxy) is 1. The standard InChI is InChI=1S/C22H25N3O3/c1-28-20(26)18-9-7-17(8-10-18)15-24-16-25(19-5-3-2-4-6-19)22(21(24)27)11-13-23-14-12-22/h2-10,23H,11-16H2,1H3. The maximum Gasteiger partial charge on any atom is 0.337 e. The van der Waals surface area contributed by atoms with Gasteiger partial charge >= 0.3 is 5.97 Å². The number of rotatable bonds is 4. The van der Waals surface area contributed by atoms with Crippen molar-refractivity contribution in [2.24, 2.45) is 0 Å². The maximum atomic E-state index is 13.5. The Balaban J connectivity index is 1.58. The first-order valence-corrected chi connectivity index (χ1v) is 9.64. The first kappa shape index (κ1) is 18.5. The fraction of sp³-hybridized carbons (Fsp3) is 0.364. The van der Waals surface area contributed by atoms with Crippen molar-refractivity contribution in [2.45, 2.75) is 24.9 Å². The number of hydrogen-bond donors (Lipinski definition) is 1. The van der Waals surface area contributed by atoms with Crippen molar-refractivity contribution in [3.05, 3.63) is 65.7 Å². The molecule has 1 spiro atoms. The largest absolute Gasteiger partial charge is 0.465 e. The Bertz CT molecular complexity index is 845. The Labute approximate surface area is 165 Å². The van der Waals surface area contributed by atoms with Gasteiger partial charge in [-0.1, -0.05) is 30.3 Å². The third kappa shape index (κ3) is 3.24. The number of amides is 1. The zero-order valence-electron chi connectivity index (χ0n) is 16.1. The molecule has 2 aromatic carbocycles. The minimum Gasteiger partial charge on any atom is -0.465 e. The molecule has 2 saturated heterocycles. The monoisotopic (exact) mass is 379 g/mol. The molecule has 2 aromatic rings. The van der Waals surface area contributed by atoms with Gasteiger partial charge in [0.15, 0.2) is 0 Å². The molecule has 4 rings (SSSR count). The molecule has 28 heavy (non-hydrogen) atoms. The number of nitrogens with one attached hydrogen (secondary N) is 1. The van der Waals surface area contributed by atoms with Gasteiger partial charge < -0.3 is 19.9 Å². The van der Waals surface area contributed by atoms with Crippen molar-refractivity contribution < 1.29 is 14.3 Å². The minimum atomic E-state index is -0.474. The average Bonchev–Trinajstić information content (AvgIpc) is 3.01. The molecule has 0 atom stereocenters. The maximum absolute atomic E-state index is 13.5. The van der Waals surface area contributed by atoms with Crippen LogP contribution < -0.4 is 10.2 Å². The molecule has 0 saturated carbocycles. The van der Waals surface area contributed by atoms with E-state index in [-0.39, 0.29) is 11.9 Å². The van der Waals surface area contributed by atoms with Crippen LogP contribution in [0.3, 0.4) is 0 Å². The van der Waals surface area contributed by atoms with E-state index in [9.17, 15) is 9.59 Å². The molecule has 0 aliphatic carbocycles. The zero-order chi connectivity index (χ0) is 19.6. The van der Waals surface area contributed by atoms with E-state index >= 15 is 0 Å². The topological polar surface area (TPSA) is 61.9 Å². The molecule has 6 nitrogen and oxygen atoms in total. The van der Waals surface area contributed by atoms with Crippen molar-refractivity contribution in [3.8, 4) is 0 Å². The van der Waals surface area contributed by atoms with Crippen LogP contribution in [0.5, 0.6) is 0 Å². The van der Waals surface area contributed by atoms with Gasteiger partial charge in [-0.05, 0) is 55.8 Å². The Morgan fingerprint density at radius 2 is 1.75 bits per heavy atom. The molecule has 0 unspecified atom stereocenters. The third-order valence-electron chi connectivity index (χ3n) is 5.76. The van der Waals surface area contributed by atoms with Gasteiger partial charge in [0.25, 0.3) is 0 Å². The lowest BCUT2D eigenvalue weighted by molar-refractivity contribution is -0.133. The van der Waals surface area contributed by atoms with Crippen LogP contribution in [-0.2, 0) is 16.1 Å². The quantitative estimate of drug-likeness (QED) is 0.827. The van der Waals surface area contributed by atoms with Crippen molar-refractivity contribution >= 4 is 17.6 Å². The second-order valence-corrected chi connectivity index (χ2v) is 7.38. The van der Waals surface area contributed by atoms with Crippen LogP contribution in [0.25, 0.3) is 0 Å². The van der Waals surface area contributed by atoms with Crippen LogP contribution in [0.1, 0.15) is 28.8 Å². The molecule has 146 valence electrons. The van der Waals surface area contributed by atoms with Crippen molar-refractivity contribution in [1.29, 1.82) is 0 Å². The summed E-state index contributed by atoms with van der Waals surface area (Å²) in [7, 11) is 1.37. The number of anilines is 1. The molecular weight excluding hydrogens is 354 g/mol. The van der Waals surface area contributed by atoms with Gasteiger partial charge in [0.05, 0.1) is 19.3 Å². The van der Waals surface area contributed by atoms with Crippen LogP contribution in [0.2, 0.25) is 0 Å². The van der Waals surface area contributed by atoms with E-state index in [2.05, 4.69) is 22.3 Å². The number of para-hydroxylation sites is 1. The predicted octanol–water partition coefficient (Wildman–Crippen LogP) is 2.40. The summed E-state index contributed by atoms with van der Waals surface area (Å²) in [5, 5.41) is 3.37. The molecule has 6 heteroatoms. The van der Waals surface area contributed by atoms with Gasteiger partial charge in [-0.15, -0.1) is 0 Å². The lowest BCUT2D eigenvalue weighted by Gasteiger charge is -2.40. The van der Waals surface area contributed by atoms with Crippen LogP contribution in [0.4, 0.5) is 5.69 Å². The smallest absolute Gasteiger partial charge is 0.337 e. The summed E-state index contributed by atoms with van der Waals surface area (Å²) in [4.78, 5) is 29.3. The fourth-order valence-electron chi connectivity index (χ4n) is 4.25. The van der Waals surface area contributed by atoms with E-state index in [4.69, 9.17) is 4.74 Å². The highest BCUT2D eigenvalue weighted by Crippen LogP contribution is 2.38. The van der Waals surface area contributed by atoms with Crippen LogP contribution in [-0.4, -0.2) is 49.2 Å². The fourth-order valence-corrected chi connectivity index (χ4v) is 4.25. The summed E-state index contributed by atoms with van der Waals surface area (Å²) in [6.07, 6.45) is 1.61. The highest BCUT2D eigenvalue weighted by atomic mass is 16.5. The lowest BCUT2D eigenvalue weighted by atomic mass is 9.86. The molecule has 2 aliphatic heterocycles. The van der Waals surface area contributed by atoms with Gasteiger partial charge in [-0.2, -0.15) is 0 Å². The summed E-state index contributed by atoms with van der Waals surface area (Å²) in [5.41, 5.74) is 2.12. The highest BCUT2D eigenvalue weighted by molar-refractivity contribution is 5.93. The van der Waals surface area contributed by atoms with E-state index < -0.39 is 5.54 Å². The van der Waals surface area contributed by atoms with E-state index in [0.29, 0.717) is 18.8 Å². The van der Waals surface area contributed by atoms with Crippen LogP contribution in [0.15, 0.2) is 54.6 Å². The SMILES string of the molecule is COC(=O)c1ccc(CN2CN(c3ccccc3)C3(CCNCC3)C2=O)cc1. The van der Waals surface area contributed by atoms with E-state index in [1.165, 1.54) is 7.11 Å². The van der Waals surface area contributed by atoms with Gasteiger partial charge in [-0.3, -0.25) is 4.79 Å². The zero-order valence-corrected chi connectivity index (χ0v) is 16.1. The minimum absolute atomic E-state index is 0.190. The molecule has 2 aliphatic rings. The summed E-state index contributed by atoms with van der Waals surface area (Å²) in [5.74, 6) is -0.164. The molecule has 0 aromatic heterocycles. The Hall–Kier alpha value is -2.86. The first-order valence-electron chi connectivity index (χ1n) is 9.64. The van der Waals surface area contributed by atoms with Gasteiger partial charge in [0, 0.05) is 12.2 Å². The second kappa shape index (κ2) is 7.64. The number of piperidine rings is 1. The molecule has 0 bridgehead atoms. The Morgan fingerprint density at radius 3 is 2.39 bits per heavy atom. The number of carbonyl (C=O) groups is 2. The molecule has 1 N–H and O–H groups in total. The normalized spacial score (nSPS) is 18.5. The molecule has 2 heterocycles. The third-order valence-corrected chi connectivity index (χ3v) is 5.76. The molecule has 1 amide bonds. The van der Waals surface area contributed by atoms with Crippen LogP contribution >= 0.6 is 0 Å². The van der Waals surface area contributed by atoms with Crippen molar-refractivity contribution in [3.63, 3.8) is 0 Å². The number of hydrogen-bond acceptors (Lipinski definition) is 5.